The molecule has 3 aliphatic rings. The van der Waals surface area contributed by atoms with Gasteiger partial charge in [-0.2, -0.15) is 5.10 Å². The van der Waals surface area contributed by atoms with E-state index in [2.05, 4.69) is 15.1 Å². The van der Waals surface area contributed by atoms with Crippen molar-refractivity contribution in [2.24, 2.45) is 11.8 Å². The Balaban J connectivity index is 1.26. The first-order valence-corrected chi connectivity index (χ1v) is 10.5. The summed E-state index contributed by atoms with van der Waals surface area (Å²) in [6.07, 6.45) is 5.82. The highest BCUT2D eigenvalue weighted by Crippen LogP contribution is 2.39. The van der Waals surface area contributed by atoms with Crippen molar-refractivity contribution in [2.75, 3.05) is 26.2 Å². The molecule has 1 aromatic heterocycles. The van der Waals surface area contributed by atoms with Crippen LogP contribution in [0.15, 0.2) is 36.5 Å². The number of benzene rings is 1. The number of H-pyrrole nitrogens is 1. The number of aromatic nitrogens is 2. The Morgan fingerprint density at radius 3 is 2.43 bits per heavy atom. The summed E-state index contributed by atoms with van der Waals surface area (Å²) in [5, 5.41) is 17.6. The molecule has 1 aliphatic carbocycles. The molecule has 1 aromatic carbocycles. The molecule has 1 amide bonds. The zero-order valence-electron chi connectivity index (χ0n) is 16.1. The maximum atomic E-state index is 13.0. The van der Waals surface area contributed by atoms with Gasteiger partial charge in [0.15, 0.2) is 0 Å². The van der Waals surface area contributed by atoms with Crippen LogP contribution in [-0.4, -0.2) is 69.3 Å². The van der Waals surface area contributed by atoms with Crippen LogP contribution >= 0.6 is 0 Å². The Hall–Kier alpha value is -2.18. The molecule has 2 aliphatic heterocycles. The molecular weight excluding hydrogens is 352 g/mol. The number of likely N-dealkylation sites (tertiary alicyclic amines) is 2. The molecule has 2 N–H and O–H groups in total. The van der Waals surface area contributed by atoms with Gasteiger partial charge in [-0.15, -0.1) is 0 Å². The minimum absolute atomic E-state index is 0.109. The van der Waals surface area contributed by atoms with Crippen LogP contribution in [0.4, 0.5) is 0 Å². The Labute approximate surface area is 165 Å². The fraction of sp³-hybridized carbons (Fsp3) is 0.545. The summed E-state index contributed by atoms with van der Waals surface area (Å²) in [6, 6.07) is 9.95. The molecule has 4 atom stereocenters. The van der Waals surface area contributed by atoms with Crippen LogP contribution < -0.4 is 0 Å². The minimum Gasteiger partial charge on any atom is -0.391 e. The molecular formula is C22H28N4O2. The highest BCUT2D eigenvalue weighted by molar-refractivity contribution is 5.94. The molecule has 6 heteroatoms. The largest absolute Gasteiger partial charge is 0.391 e. The predicted molar refractivity (Wildman–Crippen MR) is 107 cm³/mol. The van der Waals surface area contributed by atoms with E-state index in [1.165, 1.54) is 12.8 Å². The molecule has 6 nitrogen and oxygen atoms in total. The van der Waals surface area contributed by atoms with Gasteiger partial charge >= 0.3 is 0 Å². The molecule has 5 rings (SSSR count). The smallest absolute Gasteiger partial charge is 0.253 e. The lowest BCUT2D eigenvalue weighted by Crippen LogP contribution is -2.48. The first kappa shape index (κ1) is 17.9. The van der Waals surface area contributed by atoms with Crippen molar-refractivity contribution < 1.29 is 9.90 Å². The van der Waals surface area contributed by atoms with Crippen molar-refractivity contribution in [3.63, 3.8) is 0 Å². The van der Waals surface area contributed by atoms with Crippen LogP contribution in [0.3, 0.4) is 0 Å². The molecule has 2 saturated heterocycles. The number of carbonyl (C=O) groups is 1. The summed E-state index contributed by atoms with van der Waals surface area (Å²) in [5.74, 6) is 1.06. The summed E-state index contributed by atoms with van der Waals surface area (Å²) in [5.41, 5.74) is 2.72. The molecule has 0 radical (unpaired) electrons. The number of rotatable bonds is 3. The van der Waals surface area contributed by atoms with Crippen molar-refractivity contribution in [3.8, 4) is 11.3 Å². The number of aromatic amines is 1. The average Bonchev–Trinajstić information content (AvgIpc) is 3.47. The monoisotopic (exact) mass is 380 g/mol. The van der Waals surface area contributed by atoms with Crippen LogP contribution in [0.1, 0.15) is 36.0 Å². The summed E-state index contributed by atoms with van der Waals surface area (Å²) < 4.78 is 0. The van der Waals surface area contributed by atoms with E-state index in [0.717, 1.165) is 55.8 Å². The van der Waals surface area contributed by atoms with E-state index in [0.29, 0.717) is 11.8 Å². The highest BCUT2D eigenvalue weighted by Gasteiger charge is 2.44. The van der Waals surface area contributed by atoms with Gasteiger partial charge in [-0.05, 0) is 74.4 Å². The van der Waals surface area contributed by atoms with Gasteiger partial charge in [-0.25, -0.2) is 0 Å². The summed E-state index contributed by atoms with van der Waals surface area (Å²) in [7, 11) is 0. The zero-order valence-corrected chi connectivity index (χ0v) is 16.1. The molecule has 2 aromatic rings. The number of hydrogen-bond acceptors (Lipinski definition) is 4. The van der Waals surface area contributed by atoms with E-state index < -0.39 is 0 Å². The Kier molecular flexibility index (Phi) is 4.69. The van der Waals surface area contributed by atoms with Crippen molar-refractivity contribution >= 4 is 5.91 Å². The van der Waals surface area contributed by atoms with Gasteiger partial charge in [0.2, 0.25) is 0 Å². The van der Waals surface area contributed by atoms with Gasteiger partial charge in [-0.1, -0.05) is 12.1 Å². The second-order valence-corrected chi connectivity index (χ2v) is 8.63. The quantitative estimate of drug-likeness (QED) is 0.858. The number of fused-ring (bicyclic) bond motifs is 1. The maximum Gasteiger partial charge on any atom is 0.253 e. The third-order valence-electron chi connectivity index (χ3n) is 6.95. The SMILES string of the molecule is O=C(c1ccc(-c2ccn[nH]2)cc1)N1C[C@H]2C[C@@H](N3CCCC3)[C@H](O)C[C@H]2C1. The lowest BCUT2D eigenvalue weighted by atomic mass is 9.77. The van der Waals surface area contributed by atoms with E-state index in [9.17, 15) is 9.90 Å². The number of nitrogens with one attached hydrogen (secondary N) is 1. The van der Waals surface area contributed by atoms with E-state index in [1.54, 1.807) is 6.20 Å². The summed E-state index contributed by atoms with van der Waals surface area (Å²) >= 11 is 0. The first-order valence-electron chi connectivity index (χ1n) is 10.5. The number of aliphatic hydroxyl groups is 1. The van der Waals surface area contributed by atoms with E-state index in [1.807, 2.05) is 35.2 Å². The Morgan fingerprint density at radius 2 is 1.75 bits per heavy atom. The molecule has 3 fully saturated rings. The van der Waals surface area contributed by atoms with Gasteiger partial charge in [0, 0.05) is 30.9 Å². The number of nitrogens with zero attached hydrogens (tertiary/aromatic N) is 3. The van der Waals surface area contributed by atoms with E-state index >= 15 is 0 Å². The second kappa shape index (κ2) is 7.33. The van der Waals surface area contributed by atoms with Crippen molar-refractivity contribution in [3.05, 3.63) is 42.1 Å². The highest BCUT2D eigenvalue weighted by atomic mass is 16.3. The van der Waals surface area contributed by atoms with E-state index in [4.69, 9.17) is 0 Å². The molecule has 28 heavy (non-hydrogen) atoms. The zero-order chi connectivity index (χ0) is 19.1. The van der Waals surface area contributed by atoms with Crippen LogP contribution in [-0.2, 0) is 0 Å². The first-order chi connectivity index (χ1) is 13.7. The number of hydrogen-bond donors (Lipinski definition) is 2. The van der Waals surface area contributed by atoms with Gasteiger partial charge in [-0.3, -0.25) is 14.8 Å². The van der Waals surface area contributed by atoms with Crippen molar-refractivity contribution in [2.45, 2.75) is 37.8 Å². The molecule has 148 valence electrons. The van der Waals surface area contributed by atoms with Gasteiger partial charge in [0.05, 0.1) is 11.8 Å². The van der Waals surface area contributed by atoms with Crippen LogP contribution in [0, 0.1) is 11.8 Å². The lowest BCUT2D eigenvalue weighted by Gasteiger charge is -2.40. The van der Waals surface area contributed by atoms with Gasteiger partial charge < -0.3 is 10.0 Å². The topological polar surface area (TPSA) is 72.5 Å². The summed E-state index contributed by atoms with van der Waals surface area (Å²) in [6.45, 7) is 3.83. The normalized spacial score (nSPS) is 30.5. The Morgan fingerprint density at radius 1 is 1.04 bits per heavy atom. The van der Waals surface area contributed by atoms with Crippen molar-refractivity contribution in [1.29, 1.82) is 0 Å². The van der Waals surface area contributed by atoms with Crippen LogP contribution in [0.25, 0.3) is 11.3 Å². The third-order valence-corrected chi connectivity index (χ3v) is 6.95. The standard InChI is InChI=1S/C22H28N4O2/c27-21-12-18-14-26(13-17(18)11-20(21)25-9-1-2-10-25)22(28)16-5-3-15(4-6-16)19-7-8-23-24-19/h3-8,17-18,20-21,27H,1-2,9-14H2,(H,23,24)/t17-,18+,20-,21-/m1/s1. The molecule has 0 bridgehead atoms. The minimum atomic E-state index is -0.247. The van der Waals surface area contributed by atoms with Gasteiger partial charge in [0.1, 0.15) is 0 Å². The number of aliphatic hydroxyl groups excluding tert-OH is 1. The summed E-state index contributed by atoms with van der Waals surface area (Å²) in [4.78, 5) is 17.5. The van der Waals surface area contributed by atoms with Crippen molar-refractivity contribution in [1.82, 2.24) is 20.0 Å². The lowest BCUT2D eigenvalue weighted by molar-refractivity contribution is -0.000864. The van der Waals surface area contributed by atoms with Crippen LogP contribution in [0.5, 0.6) is 0 Å². The third kappa shape index (κ3) is 3.25. The average molecular weight is 380 g/mol. The van der Waals surface area contributed by atoms with Crippen LogP contribution in [0.2, 0.25) is 0 Å². The second-order valence-electron chi connectivity index (χ2n) is 8.63. The Bertz CT molecular complexity index is 814. The fourth-order valence-corrected chi connectivity index (χ4v) is 5.43. The molecule has 3 heterocycles. The fourth-order valence-electron chi connectivity index (χ4n) is 5.43. The predicted octanol–water partition coefficient (Wildman–Crippen LogP) is 2.38. The molecule has 0 unspecified atom stereocenters. The molecule has 1 saturated carbocycles. The maximum absolute atomic E-state index is 13.0. The van der Waals surface area contributed by atoms with E-state index in [-0.39, 0.29) is 18.1 Å². The number of carbonyl (C=O) groups excluding carboxylic acids is 1. The van der Waals surface area contributed by atoms with Gasteiger partial charge in [0.25, 0.3) is 5.91 Å². The number of amides is 1. The molecule has 0 spiro atoms.